The van der Waals surface area contributed by atoms with Gasteiger partial charge in [-0.3, -0.25) is 4.79 Å². The summed E-state index contributed by atoms with van der Waals surface area (Å²) in [5.41, 5.74) is 1.99. The van der Waals surface area contributed by atoms with Gasteiger partial charge in [0.1, 0.15) is 11.6 Å². The van der Waals surface area contributed by atoms with Crippen LogP contribution in [0.3, 0.4) is 0 Å². The molecular formula is C18H15ClF3N3O2. The third-order valence-electron chi connectivity index (χ3n) is 3.91. The average molecular weight is 398 g/mol. The van der Waals surface area contributed by atoms with Crippen LogP contribution in [-0.4, -0.2) is 39.9 Å². The number of aromatic nitrogens is 2. The number of amides is 1. The van der Waals surface area contributed by atoms with Gasteiger partial charge in [0, 0.05) is 12.4 Å². The summed E-state index contributed by atoms with van der Waals surface area (Å²) in [7, 11) is 1.63. The Morgan fingerprint density at radius 1 is 1.19 bits per heavy atom. The predicted molar refractivity (Wildman–Crippen MR) is 94.9 cm³/mol. The molecule has 0 N–H and O–H groups in total. The molecule has 0 saturated carbocycles. The molecule has 142 valence electrons. The SMILES string of the molecule is CN(Cc1nn(-c2ccc(OC(F)(F)F)cc2)c2ccccc12)C(=O)CCl. The van der Waals surface area contributed by atoms with E-state index in [2.05, 4.69) is 9.84 Å². The Hall–Kier alpha value is -2.74. The van der Waals surface area contributed by atoms with Gasteiger partial charge in [-0.2, -0.15) is 5.10 Å². The molecule has 3 aromatic rings. The Bertz CT molecular complexity index is 955. The molecule has 0 atom stereocenters. The second kappa shape index (κ2) is 7.48. The first-order valence-electron chi connectivity index (χ1n) is 7.91. The van der Waals surface area contributed by atoms with E-state index in [9.17, 15) is 18.0 Å². The fraction of sp³-hybridized carbons (Fsp3) is 0.222. The molecule has 0 aliphatic rings. The quantitative estimate of drug-likeness (QED) is 0.608. The van der Waals surface area contributed by atoms with Crippen molar-refractivity contribution < 1.29 is 22.7 Å². The zero-order chi connectivity index (χ0) is 19.6. The number of carbonyl (C=O) groups is 1. The number of nitrogens with zero attached hydrogens (tertiary/aromatic N) is 3. The summed E-state index contributed by atoms with van der Waals surface area (Å²) in [6, 6.07) is 12.8. The lowest BCUT2D eigenvalue weighted by Gasteiger charge is -2.14. The normalized spacial score (nSPS) is 11.6. The van der Waals surface area contributed by atoms with E-state index in [1.165, 1.54) is 29.2 Å². The van der Waals surface area contributed by atoms with E-state index in [4.69, 9.17) is 11.6 Å². The summed E-state index contributed by atoms with van der Waals surface area (Å²) in [5.74, 6) is -0.671. The first-order valence-corrected chi connectivity index (χ1v) is 8.44. The van der Waals surface area contributed by atoms with Crippen LogP contribution in [0.4, 0.5) is 13.2 Å². The average Bonchev–Trinajstić information content (AvgIpc) is 2.99. The van der Waals surface area contributed by atoms with Crippen LogP contribution in [0.2, 0.25) is 0 Å². The Morgan fingerprint density at radius 2 is 1.85 bits per heavy atom. The number of ether oxygens (including phenoxy) is 1. The second-order valence-electron chi connectivity index (χ2n) is 5.80. The number of para-hydroxylation sites is 1. The van der Waals surface area contributed by atoms with Gasteiger partial charge in [0.05, 0.1) is 23.4 Å². The highest BCUT2D eigenvalue weighted by atomic mass is 35.5. The largest absolute Gasteiger partial charge is 0.573 e. The third kappa shape index (κ3) is 4.33. The van der Waals surface area contributed by atoms with E-state index in [1.54, 1.807) is 11.7 Å². The lowest BCUT2D eigenvalue weighted by atomic mass is 10.2. The predicted octanol–water partition coefficient (Wildman–Crippen LogP) is 4.12. The molecule has 5 nitrogen and oxygen atoms in total. The van der Waals surface area contributed by atoms with Crippen LogP contribution >= 0.6 is 11.6 Å². The molecule has 2 aromatic carbocycles. The van der Waals surface area contributed by atoms with Crippen LogP contribution in [0.1, 0.15) is 5.69 Å². The maximum absolute atomic E-state index is 12.3. The maximum Gasteiger partial charge on any atom is 0.573 e. The molecule has 1 amide bonds. The molecule has 27 heavy (non-hydrogen) atoms. The van der Waals surface area contributed by atoms with Crippen LogP contribution in [-0.2, 0) is 11.3 Å². The van der Waals surface area contributed by atoms with E-state index in [1.807, 2.05) is 24.3 Å². The van der Waals surface area contributed by atoms with Crippen molar-refractivity contribution >= 4 is 28.4 Å². The maximum atomic E-state index is 12.3. The molecule has 0 saturated heterocycles. The Balaban J connectivity index is 1.96. The molecule has 1 aromatic heterocycles. The highest BCUT2D eigenvalue weighted by molar-refractivity contribution is 6.27. The van der Waals surface area contributed by atoms with Gasteiger partial charge in [-0.25, -0.2) is 4.68 Å². The van der Waals surface area contributed by atoms with Crippen LogP contribution in [0.25, 0.3) is 16.6 Å². The van der Waals surface area contributed by atoms with E-state index in [0.717, 1.165) is 10.9 Å². The third-order valence-corrected chi connectivity index (χ3v) is 4.13. The highest BCUT2D eigenvalue weighted by Gasteiger charge is 2.31. The van der Waals surface area contributed by atoms with E-state index < -0.39 is 6.36 Å². The van der Waals surface area contributed by atoms with E-state index in [-0.39, 0.29) is 24.1 Å². The van der Waals surface area contributed by atoms with Gasteiger partial charge in [0.25, 0.3) is 0 Å². The summed E-state index contributed by atoms with van der Waals surface area (Å²) in [6.07, 6.45) is -4.74. The van der Waals surface area contributed by atoms with Crippen molar-refractivity contribution in [2.75, 3.05) is 12.9 Å². The Morgan fingerprint density at radius 3 is 2.48 bits per heavy atom. The summed E-state index contributed by atoms with van der Waals surface area (Å²) in [5, 5.41) is 5.37. The van der Waals surface area contributed by atoms with E-state index in [0.29, 0.717) is 11.4 Å². The smallest absolute Gasteiger partial charge is 0.406 e. The van der Waals surface area contributed by atoms with Gasteiger partial charge in [-0.1, -0.05) is 18.2 Å². The molecule has 0 unspecified atom stereocenters. The van der Waals surface area contributed by atoms with Crippen molar-refractivity contribution in [2.45, 2.75) is 12.9 Å². The molecule has 9 heteroatoms. The van der Waals surface area contributed by atoms with Crippen LogP contribution in [0.15, 0.2) is 48.5 Å². The number of alkyl halides is 4. The minimum atomic E-state index is -4.74. The molecular weight excluding hydrogens is 383 g/mol. The van der Waals surface area contributed by atoms with Crippen molar-refractivity contribution in [1.82, 2.24) is 14.7 Å². The number of benzene rings is 2. The first-order chi connectivity index (χ1) is 12.8. The monoisotopic (exact) mass is 397 g/mol. The van der Waals surface area contributed by atoms with Gasteiger partial charge in [0.15, 0.2) is 0 Å². The van der Waals surface area contributed by atoms with Crippen LogP contribution in [0.5, 0.6) is 5.75 Å². The highest BCUT2D eigenvalue weighted by Crippen LogP contribution is 2.26. The van der Waals surface area contributed by atoms with Crippen LogP contribution in [0, 0.1) is 0 Å². The summed E-state index contributed by atoms with van der Waals surface area (Å²) in [4.78, 5) is 13.2. The number of halogens is 4. The fourth-order valence-electron chi connectivity index (χ4n) is 2.65. The van der Waals surface area contributed by atoms with Crippen molar-refractivity contribution in [1.29, 1.82) is 0 Å². The number of carbonyl (C=O) groups excluding carboxylic acids is 1. The molecule has 0 spiro atoms. The Labute approximate surface area is 157 Å². The number of hydrogen-bond acceptors (Lipinski definition) is 3. The topological polar surface area (TPSA) is 47.4 Å². The fourth-order valence-corrected chi connectivity index (χ4v) is 2.85. The Kier molecular flexibility index (Phi) is 5.27. The summed E-state index contributed by atoms with van der Waals surface area (Å²) < 4.78 is 42.4. The number of fused-ring (bicyclic) bond motifs is 1. The zero-order valence-electron chi connectivity index (χ0n) is 14.2. The van der Waals surface area contributed by atoms with Gasteiger partial charge >= 0.3 is 6.36 Å². The molecule has 0 aliphatic carbocycles. The standard InChI is InChI=1S/C18H15ClF3N3O2/c1-24(17(26)10-19)11-15-14-4-2-3-5-16(14)25(23-15)12-6-8-13(9-7-12)27-18(20,21)22/h2-9H,10-11H2,1H3. The van der Waals surface area contributed by atoms with Gasteiger partial charge in [-0.15, -0.1) is 24.8 Å². The molecule has 0 radical (unpaired) electrons. The number of rotatable bonds is 5. The van der Waals surface area contributed by atoms with Crippen molar-refractivity contribution in [3.63, 3.8) is 0 Å². The first kappa shape index (κ1) is 19.0. The second-order valence-corrected chi connectivity index (χ2v) is 6.07. The minimum Gasteiger partial charge on any atom is -0.406 e. The molecule has 0 aliphatic heterocycles. The molecule has 0 fully saturated rings. The van der Waals surface area contributed by atoms with Crippen molar-refractivity contribution in [3.8, 4) is 11.4 Å². The van der Waals surface area contributed by atoms with Crippen molar-refractivity contribution in [3.05, 3.63) is 54.2 Å². The molecule has 3 rings (SSSR count). The minimum absolute atomic E-state index is 0.129. The summed E-state index contributed by atoms with van der Waals surface area (Å²) >= 11 is 5.58. The number of hydrogen-bond donors (Lipinski definition) is 0. The van der Waals surface area contributed by atoms with E-state index >= 15 is 0 Å². The van der Waals surface area contributed by atoms with Gasteiger partial charge < -0.3 is 9.64 Å². The summed E-state index contributed by atoms with van der Waals surface area (Å²) in [6.45, 7) is 0.258. The lowest BCUT2D eigenvalue weighted by Crippen LogP contribution is -2.27. The van der Waals surface area contributed by atoms with Crippen molar-refractivity contribution in [2.24, 2.45) is 0 Å². The van der Waals surface area contributed by atoms with Gasteiger partial charge in [0.2, 0.25) is 5.91 Å². The van der Waals surface area contributed by atoms with Crippen LogP contribution < -0.4 is 4.74 Å². The molecule has 0 bridgehead atoms. The van der Waals surface area contributed by atoms with Gasteiger partial charge in [-0.05, 0) is 30.3 Å². The lowest BCUT2D eigenvalue weighted by molar-refractivity contribution is -0.274. The molecule has 1 heterocycles. The zero-order valence-corrected chi connectivity index (χ0v) is 15.0.